The van der Waals surface area contributed by atoms with E-state index in [9.17, 15) is 39.0 Å². The third-order valence-electron chi connectivity index (χ3n) is 19.7. The summed E-state index contributed by atoms with van der Waals surface area (Å²) in [6.07, 6.45) is -4.19. The summed E-state index contributed by atoms with van der Waals surface area (Å²) in [6, 6.07) is 85.3. The van der Waals surface area contributed by atoms with Crippen LogP contribution in [0, 0.1) is 0 Å². The fourth-order valence-corrected chi connectivity index (χ4v) is 13.8. The maximum absolute atomic E-state index is 12.6. The van der Waals surface area contributed by atoms with Gasteiger partial charge in [-0.15, -0.1) is 0 Å². The largest absolute Gasteiger partial charge is 0.480 e. The molecule has 0 saturated carbocycles. The molecule has 652 valence electrons. The van der Waals surface area contributed by atoms with Gasteiger partial charge in [-0.3, -0.25) is 24.6 Å². The molecule has 14 rings (SSSR count). The van der Waals surface area contributed by atoms with Gasteiger partial charge in [-0.2, -0.15) is 0 Å². The molecular formula is C97H107N5O22. The normalized spacial score (nSPS) is 20.7. The van der Waals surface area contributed by atoms with Crippen LogP contribution in [-0.4, -0.2) is 217 Å². The van der Waals surface area contributed by atoms with Crippen molar-refractivity contribution in [2.75, 3.05) is 47.8 Å². The summed E-state index contributed by atoms with van der Waals surface area (Å²) in [7, 11) is 3.86. The van der Waals surface area contributed by atoms with Gasteiger partial charge in [0.2, 0.25) is 0 Å². The van der Waals surface area contributed by atoms with E-state index in [4.69, 9.17) is 77.3 Å². The number of carbonyl (C=O) groups excluding carboxylic acids is 5. The molecule has 6 N–H and O–H groups in total. The molecule has 2 amide bonds. The SMILES string of the molecule is CC1(C)O[C@@H]2[C@H](O1)C(=O)N[C@@H]2CO.CC1(C)O[C@H]2[C@@H](C(=O)O)NC(=O)[C@H]2O1.COC(=O)/C=C\[C@@H](COCc1ccccc1)N=C(c1ccccc1)c1ccccc1.COC(=O)[C@@H](O)[C@@H](O)[C@@H](COCc1ccccc1)N=C(c1ccccc1)c1ccccc1.COC(=O)[C@H]1OC(C)(C)O[C@H]1[C@@H](COCc1ccccc1)N=C(c1ccccc1)c1ccccc1. The Bertz CT molecular complexity index is 4840. The third kappa shape index (κ3) is 27.8. The number of aliphatic hydroxyl groups is 3. The minimum atomic E-state index is -1.75. The quantitative estimate of drug-likeness (QED) is 0.0105. The van der Waals surface area contributed by atoms with Gasteiger partial charge in [-0.05, 0) is 58.2 Å². The van der Waals surface area contributed by atoms with Gasteiger partial charge in [0.25, 0.3) is 11.8 Å². The number of nitrogens with zero attached hydrogens (tertiary/aromatic N) is 3. The maximum Gasteiger partial charge on any atom is 0.337 e. The van der Waals surface area contributed by atoms with Gasteiger partial charge in [0.1, 0.15) is 36.5 Å². The van der Waals surface area contributed by atoms with E-state index in [-0.39, 0.29) is 43.9 Å². The molecule has 5 aliphatic rings. The number of carbonyl (C=O) groups is 6. The summed E-state index contributed by atoms with van der Waals surface area (Å²) in [4.78, 5) is 84.3. The van der Waals surface area contributed by atoms with Crippen LogP contribution in [0.3, 0.4) is 0 Å². The second-order valence-electron chi connectivity index (χ2n) is 30.4. The fourth-order valence-electron chi connectivity index (χ4n) is 13.8. The first kappa shape index (κ1) is 94.3. The van der Waals surface area contributed by atoms with Crippen LogP contribution in [0.5, 0.6) is 0 Å². The van der Waals surface area contributed by atoms with Crippen molar-refractivity contribution in [1.82, 2.24) is 10.6 Å². The Hall–Kier alpha value is -11.9. The first-order valence-electron chi connectivity index (χ1n) is 40.5. The predicted molar refractivity (Wildman–Crippen MR) is 462 cm³/mol. The average molecular weight is 1690 g/mol. The number of aliphatic imine (C=N–C) groups is 3. The number of amides is 2. The van der Waals surface area contributed by atoms with Crippen LogP contribution in [-0.2, 0) is 105 Å². The van der Waals surface area contributed by atoms with Crippen LogP contribution in [0.1, 0.15) is 91.6 Å². The van der Waals surface area contributed by atoms with Crippen molar-refractivity contribution in [3.63, 3.8) is 0 Å². The van der Waals surface area contributed by atoms with E-state index in [0.29, 0.717) is 32.1 Å². The van der Waals surface area contributed by atoms with E-state index in [1.807, 2.05) is 273 Å². The topological polar surface area (TPSA) is 355 Å². The summed E-state index contributed by atoms with van der Waals surface area (Å²) in [5, 5.41) is 43.7. The number of aliphatic carboxylic acids is 1. The van der Waals surface area contributed by atoms with Crippen LogP contribution in [0.25, 0.3) is 0 Å². The summed E-state index contributed by atoms with van der Waals surface area (Å²) in [6.45, 7) is 12.0. The molecule has 0 spiro atoms. The number of esters is 3. The van der Waals surface area contributed by atoms with E-state index in [0.717, 1.165) is 68.6 Å². The molecule has 5 saturated heterocycles. The minimum absolute atomic E-state index is 0.00666. The molecular weight excluding hydrogens is 1590 g/mol. The molecule has 27 heteroatoms. The lowest BCUT2D eigenvalue weighted by Gasteiger charge is -2.24. The van der Waals surface area contributed by atoms with E-state index in [1.165, 1.54) is 20.3 Å². The molecule has 0 bridgehead atoms. The molecule has 0 unspecified atom stereocenters. The Morgan fingerprint density at radius 2 is 0.798 bits per heavy atom. The van der Waals surface area contributed by atoms with Crippen molar-refractivity contribution in [3.05, 3.63) is 335 Å². The Labute approximate surface area is 721 Å². The van der Waals surface area contributed by atoms with Crippen molar-refractivity contribution in [2.24, 2.45) is 15.0 Å². The smallest absolute Gasteiger partial charge is 0.337 e. The standard InChI is InChI=1S/C29H31NO5.C26H27NO5.C26H25NO3.C8H11NO5.C8H13NO4/c1-29(2)34-26(27(35-29)28(31)32-3)24(20-33-19-21-13-7-4-8-14-21)30-25(22-15-9-5-10-16-22)23-17-11-6-12-18-23;1-31-26(30)25(29)24(28)22(18-32-17-19-11-5-2-6-12-19)27-23(20-13-7-3-8-14-20)21-15-9-4-10-16-21;1-29-25(28)18-17-24(20-30-19-21-11-5-2-6-12-21)27-26(22-13-7-3-8-14-22)23-15-9-4-10-16-23;1-8(2)13-4-3(7(11)12)9-6(10)5(4)14-8;1-8(2)12-5-4(3-10)9-7(11)6(5)13-8/h4-18,24,26-27H,19-20H2,1-3H3;2-16,22,24-25,28-29H,17-18H2,1H3;2-18,24H,19-20H2,1H3;3-5H,1-2H3,(H,9,10)(H,11,12);4-6,10H,3H2,1-2H3,(H,9,11)/b;;18-17-;;/t24-,26+,27+;22-,24+,25+;24-;3-,4-,5-;4-,5+,6+/m11001/s1. The number of carboxylic acid groups (broad SMARTS) is 1. The number of fused-ring (bicyclic) bond motifs is 2. The first-order chi connectivity index (χ1) is 59.8. The molecule has 0 radical (unpaired) electrons. The van der Waals surface area contributed by atoms with E-state index in [1.54, 1.807) is 47.6 Å². The van der Waals surface area contributed by atoms with Gasteiger partial charge in [-0.25, -0.2) is 19.2 Å². The first-order valence-corrected chi connectivity index (χ1v) is 40.5. The van der Waals surface area contributed by atoms with Crippen molar-refractivity contribution in [2.45, 2.75) is 158 Å². The maximum atomic E-state index is 12.6. The third-order valence-corrected chi connectivity index (χ3v) is 19.7. The van der Waals surface area contributed by atoms with Crippen LogP contribution in [0.4, 0.5) is 0 Å². The van der Waals surface area contributed by atoms with Gasteiger partial charge >= 0.3 is 23.9 Å². The second kappa shape index (κ2) is 46.5. The van der Waals surface area contributed by atoms with E-state index < -0.39 is 108 Å². The van der Waals surface area contributed by atoms with Crippen molar-refractivity contribution in [1.29, 1.82) is 0 Å². The highest BCUT2D eigenvalue weighted by atomic mass is 16.8. The summed E-state index contributed by atoms with van der Waals surface area (Å²) in [5.74, 6) is -6.14. The summed E-state index contributed by atoms with van der Waals surface area (Å²) < 4.78 is 65.8. The summed E-state index contributed by atoms with van der Waals surface area (Å²) in [5.41, 5.74) is 11.0. The number of benzene rings is 9. The molecule has 9 aromatic rings. The molecule has 5 fully saturated rings. The Kier molecular flexibility index (Phi) is 35.4. The molecule has 27 nitrogen and oxygen atoms in total. The highest BCUT2D eigenvalue weighted by Gasteiger charge is 2.57. The number of ether oxygens (including phenoxy) is 12. The van der Waals surface area contributed by atoms with Gasteiger partial charge in [-0.1, -0.05) is 279 Å². The Morgan fingerprint density at radius 1 is 0.435 bits per heavy atom. The van der Waals surface area contributed by atoms with Gasteiger partial charge in [0, 0.05) is 39.5 Å². The zero-order chi connectivity index (χ0) is 88.6. The second-order valence-corrected chi connectivity index (χ2v) is 30.4. The van der Waals surface area contributed by atoms with E-state index >= 15 is 0 Å². The zero-order valence-electron chi connectivity index (χ0n) is 70.6. The lowest BCUT2D eigenvalue weighted by Crippen LogP contribution is -2.44. The van der Waals surface area contributed by atoms with E-state index in [2.05, 4.69) is 15.4 Å². The van der Waals surface area contributed by atoms with Crippen molar-refractivity contribution in [3.8, 4) is 0 Å². The Balaban J connectivity index is 0.000000169. The van der Waals surface area contributed by atoms with Crippen molar-refractivity contribution >= 4 is 52.8 Å². The number of methoxy groups -OCH3 is 3. The predicted octanol–water partition coefficient (Wildman–Crippen LogP) is 10.7. The number of hydrogen-bond acceptors (Lipinski definition) is 24. The Morgan fingerprint density at radius 3 is 1.19 bits per heavy atom. The van der Waals surface area contributed by atoms with Gasteiger partial charge < -0.3 is 87.9 Å². The fraction of sp³-hybridized carbons (Fsp3) is 0.330. The molecule has 5 aliphatic heterocycles. The van der Waals surface area contributed by atoms with Crippen LogP contribution >= 0.6 is 0 Å². The van der Waals surface area contributed by atoms with Gasteiger partial charge in [0.15, 0.2) is 47.8 Å². The monoisotopic (exact) mass is 1690 g/mol. The average Bonchev–Trinajstić information content (AvgIpc) is 1.64. The highest BCUT2D eigenvalue weighted by Crippen LogP contribution is 2.36. The lowest BCUT2D eigenvalue weighted by atomic mass is 10.0. The molecule has 13 atom stereocenters. The number of nitrogens with one attached hydrogen (secondary N) is 2. The van der Waals surface area contributed by atoms with Crippen molar-refractivity contribution < 1.29 is 106 Å². The van der Waals surface area contributed by atoms with Crippen LogP contribution < -0.4 is 10.6 Å². The molecule has 9 aromatic carbocycles. The highest BCUT2D eigenvalue weighted by molar-refractivity contribution is 6.14. The molecule has 124 heavy (non-hydrogen) atoms. The molecule has 0 aromatic heterocycles. The van der Waals surface area contributed by atoms with Gasteiger partial charge in [0.05, 0.1) is 96.8 Å². The lowest BCUT2D eigenvalue weighted by molar-refractivity contribution is -0.168. The number of carboxylic acids is 1. The van der Waals surface area contributed by atoms with Crippen LogP contribution in [0.15, 0.2) is 300 Å². The zero-order valence-corrected chi connectivity index (χ0v) is 70.6. The van der Waals surface area contributed by atoms with Crippen LogP contribution in [0.2, 0.25) is 0 Å². The molecule has 0 aliphatic carbocycles. The molecule has 5 heterocycles. The minimum Gasteiger partial charge on any atom is -0.480 e. The number of rotatable bonds is 30. The summed E-state index contributed by atoms with van der Waals surface area (Å²) >= 11 is 0. The number of hydrogen-bond donors (Lipinski definition) is 6. The number of aliphatic hydroxyl groups excluding tert-OH is 3.